The Balaban J connectivity index is 1.29. The minimum Gasteiger partial charge on any atom is -0.355 e. The summed E-state index contributed by atoms with van der Waals surface area (Å²) in [5.74, 6) is 1.01. The smallest absolute Gasteiger partial charge is 0.275 e. The van der Waals surface area contributed by atoms with Crippen LogP contribution in [-0.4, -0.2) is 50.4 Å². The van der Waals surface area contributed by atoms with Crippen LogP contribution in [0.4, 0.5) is 15.9 Å². The van der Waals surface area contributed by atoms with Crippen molar-refractivity contribution in [3.8, 4) is 0 Å². The number of pyridine rings is 1. The normalized spacial score (nSPS) is 22.5. The summed E-state index contributed by atoms with van der Waals surface area (Å²) in [6.45, 7) is 9.14. The molecule has 9 heteroatoms. The number of aryl methyl sites for hydroxylation is 1. The first kappa shape index (κ1) is 18.9. The lowest BCUT2D eigenvalue weighted by Gasteiger charge is -2.27. The standard InChI is InChI=1S/C21H24FN7O/c1-12-8-29-10-14(4-16(22)19(29)26-12)27-20(30)17-6-24-18(7-23-17)28-9-13-5-25-21(2,3)15(13)11-28/h4,6-8,10,13,15,25H,5,9,11H2,1-3H3,(H,27,30). The van der Waals surface area contributed by atoms with Gasteiger partial charge in [-0.3, -0.25) is 4.79 Å². The molecule has 2 saturated heterocycles. The molecular formula is C21H24FN7O. The van der Waals surface area contributed by atoms with E-state index in [1.165, 1.54) is 12.3 Å². The highest BCUT2D eigenvalue weighted by molar-refractivity contribution is 6.02. The summed E-state index contributed by atoms with van der Waals surface area (Å²) in [5.41, 5.74) is 1.56. The van der Waals surface area contributed by atoms with Gasteiger partial charge in [-0.1, -0.05) is 0 Å². The predicted octanol–water partition coefficient (Wildman–Crippen LogP) is 2.26. The van der Waals surface area contributed by atoms with Crippen molar-refractivity contribution in [2.75, 3.05) is 29.9 Å². The maximum absolute atomic E-state index is 14.2. The fourth-order valence-electron chi connectivity index (χ4n) is 4.65. The van der Waals surface area contributed by atoms with Gasteiger partial charge in [-0.05, 0) is 32.6 Å². The van der Waals surface area contributed by atoms with E-state index in [1.54, 1.807) is 29.9 Å². The van der Waals surface area contributed by atoms with Gasteiger partial charge in [-0.25, -0.2) is 19.3 Å². The fraction of sp³-hybridized carbons (Fsp3) is 0.429. The van der Waals surface area contributed by atoms with Crippen LogP contribution in [0.15, 0.2) is 30.9 Å². The van der Waals surface area contributed by atoms with Gasteiger partial charge in [0, 0.05) is 43.6 Å². The van der Waals surface area contributed by atoms with Crippen LogP contribution in [-0.2, 0) is 0 Å². The van der Waals surface area contributed by atoms with Crippen LogP contribution < -0.4 is 15.5 Å². The number of carbonyl (C=O) groups is 1. The second kappa shape index (κ2) is 6.73. The Hall–Kier alpha value is -3.07. The van der Waals surface area contributed by atoms with Gasteiger partial charge < -0.3 is 19.9 Å². The molecule has 156 valence electrons. The third-order valence-corrected chi connectivity index (χ3v) is 6.27. The molecule has 0 radical (unpaired) electrons. The molecule has 5 heterocycles. The SMILES string of the molecule is Cc1cn2cc(NC(=O)c3cnc(N4CC5CNC(C)(C)C5C4)cn3)cc(F)c2n1. The molecule has 2 aliphatic rings. The van der Waals surface area contributed by atoms with Crippen LogP contribution in [0.25, 0.3) is 5.65 Å². The first-order chi connectivity index (χ1) is 14.3. The molecular weight excluding hydrogens is 385 g/mol. The van der Waals surface area contributed by atoms with Crippen molar-refractivity contribution in [3.05, 3.63) is 48.1 Å². The zero-order chi connectivity index (χ0) is 21.0. The number of nitrogens with one attached hydrogen (secondary N) is 2. The Bertz CT molecular complexity index is 1120. The lowest BCUT2D eigenvalue weighted by Crippen LogP contribution is -2.41. The first-order valence-electron chi connectivity index (χ1n) is 10.1. The van der Waals surface area contributed by atoms with Crippen LogP contribution in [0.3, 0.4) is 0 Å². The van der Waals surface area contributed by atoms with Gasteiger partial charge in [0.1, 0.15) is 11.5 Å². The molecule has 2 unspecified atom stereocenters. The monoisotopic (exact) mass is 409 g/mol. The van der Waals surface area contributed by atoms with Crippen molar-refractivity contribution >= 4 is 23.1 Å². The molecule has 0 aliphatic carbocycles. The molecule has 2 fully saturated rings. The molecule has 0 bridgehead atoms. The highest BCUT2D eigenvalue weighted by Crippen LogP contribution is 2.38. The van der Waals surface area contributed by atoms with E-state index in [2.05, 4.69) is 44.3 Å². The molecule has 5 rings (SSSR count). The van der Waals surface area contributed by atoms with Gasteiger partial charge >= 0.3 is 0 Å². The topological polar surface area (TPSA) is 87.5 Å². The summed E-state index contributed by atoms with van der Waals surface area (Å²) in [5, 5.41) is 6.27. The number of nitrogens with zero attached hydrogens (tertiary/aromatic N) is 5. The molecule has 2 aliphatic heterocycles. The van der Waals surface area contributed by atoms with Gasteiger partial charge in [-0.2, -0.15) is 0 Å². The minimum absolute atomic E-state index is 0.122. The third-order valence-electron chi connectivity index (χ3n) is 6.27. The number of imidazole rings is 1. The van der Waals surface area contributed by atoms with E-state index >= 15 is 0 Å². The predicted molar refractivity (Wildman–Crippen MR) is 111 cm³/mol. The second-order valence-electron chi connectivity index (χ2n) is 8.78. The zero-order valence-corrected chi connectivity index (χ0v) is 17.2. The van der Waals surface area contributed by atoms with E-state index in [0.29, 0.717) is 23.2 Å². The Kier molecular flexibility index (Phi) is 4.25. The van der Waals surface area contributed by atoms with Crippen LogP contribution in [0.2, 0.25) is 0 Å². The van der Waals surface area contributed by atoms with Crippen LogP contribution in [0.5, 0.6) is 0 Å². The quantitative estimate of drug-likeness (QED) is 0.690. The summed E-state index contributed by atoms with van der Waals surface area (Å²) in [7, 11) is 0. The van der Waals surface area contributed by atoms with Crippen molar-refractivity contribution < 1.29 is 9.18 Å². The third kappa shape index (κ3) is 3.19. The molecule has 2 N–H and O–H groups in total. The molecule has 3 aromatic rings. The second-order valence-corrected chi connectivity index (χ2v) is 8.78. The maximum atomic E-state index is 14.2. The summed E-state index contributed by atoms with van der Waals surface area (Å²) in [4.78, 5) is 27.7. The molecule has 8 nitrogen and oxygen atoms in total. The summed E-state index contributed by atoms with van der Waals surface area (Å²) in [6, 6.07) is 1.25. The molecule has 3 aromatic heterocycles. The number of carbonyl (C=O) groups excluding carboxylic acids is 1. The van der Waals surface area contributed by atoms with Gasteiger partial charge in [0.25, 0.3) is 5.91 Å². The number of anilines is 2. The van der Waals surface area contributed by atoms with Crippen LogP contribution >= 0.6 is 0 Å². The summed E-state index contributed by atoms with van der Waals surface area (Å²) in [6.07, 6.45) is 6.43. The zero-order valence-electron chi connectivity index (χ0n) is 17.2. The number of fused-ring (bicyclic) bond motifs is 2. The highest BCUT2D eigenvalue weighted by atomic mass is 19.1. The summed E-state index contributed by atoms with van der Waals surface area (Å²) < 4.78 is 15.8. The van der Waals surface area contributed by atoms with E-state index in [-0.39, 0.29) is 16.9 Å². The number of rotatable bonds is 3. The molecule has 2 atom stereocenters. The Labute approximate surface area is 173 Å². The highest BCUT2D eigenvalue weighted by Gasteiger charge is 2.47. The van der Waals surface area contributed by atoms with E-state index < -0.39 is 11.7 Å². The van der Waals surface area contributed by atoms with Crippen molar-refractivity contribution in [2.24, 2.45) is 11.8 Å². The maximum Gasteiger partial charge on any atom is 0.275 e. The van der Waals surface area contributed by atoms with Crippen LogP contribution in [0, 0.1) is 24.6 Å². The number of aromatic nitrogens is 4. The van der Waals surface area contributed by atoms with Gasteiger partial charge in [0.15, 0.2) is 11.5 Å². The molecule has 0 aromatic carbocycles. The Morgan fingerprint density at radius 1 is 1.27 bits per heavy atom. The van der Waals surface area contributed by atoms with Gasteiger partial charge in [0.05, 0.1) is 23.8 Å². The van der Waals surface area contributed by atoms with Crippen molar-refractivity contribution in [2.45, 2.75) is 26.3 Å². The van der Waals surface area contributed by atoms with Crippen molar-refractivity contribution in [1.29, 1.82) is 0 Å². The minimum atomic E-state index is -0.501. The van der Waals surface area contributed by atoms with E-state index in [4.69, 9.17) is 0 Å². The average molecular weight is 409 g/mol. The first-order valence-corrected chi connectivity index (χ1v) is 10.1. The number of hydrogen-bond acceptors (Lipinski definition) is 6. The van der Waals surface area contributed by atoms with Gasteiger partial charge in [-0.15, -0.1) is 0 Å². The number of amides is 1. The average Bonchev–Trinajstić information content (AvgIpc) is 3.37. The number of hydrogen-bond donors (Lipinski definition) is 2. The van der Waals surface area contributed by atoms with E-state index in [1.807, 2.05) is 0 Å². The fourth-order valence-corrected chi connectivity index (χ4v) is 4.65. The van der Waals surface area contributed by atoms with Crippen molar-refractivity contribution in [1.82, 2.24) is 24.7 Å². The number of halogens is 1. The molecule has 0 spiro atoms. The van der Waals surface area contributed by atoms with Crippen LogP contribution in [0.1, 0.15) is 30.0 Å². The Morgan fingerprint density at radius 3 is 2.83 bits per heavy atom. The Morgan fingerprint density at radius 2 is 2.10 bits per heavy atom. The molecule has 0 saturated carbocycles. The summed E-state index contributed by atoms with van der Waals surface area (Å²) >= 11 is 0. The van der Waals surface area contributed by atoms with E-state index in [0.717, 1.165) is 25.5 Å². The molecule has 30 heavy (non-hydrogen) atoms. The lowest BCUT2D eigenvalue weighted by atomic mass is 9.85. The molecule has 1 amide bonds. The van der Waals surface area contributed by atoms with Crippen molar-refractivity contribution in [3.63, 3.8) is 0 Å². The lowest BCUT2D eigenvalue weighted by molar-refractivity contribution is 0.102. The largest absolute Gasteiger partial charge is 0.355 e. The van der Waals surface area contributed by atoms with Gasteiger partial charge in [0.2, 0.25) is 0 Å². The van der Waals surface area contributed by atoms with E-state index in [9.17, 15) is 9.18 Å².